The molecule has 3 heteroatoms. The number of nitrogens with one attached hydrogen (secondary N) is 1. The maximum absolute atomic E-state index is 10.7. The van der Waals surface area contributed by atoms with Crippen molar-refractivity contribution >= 4 is 17.4 Å². The standard InChI is InChI=1S/C22H29NOS/c1-22(24,16-18-9-4-2-5-10-18)17-23-19-11-8-14-21(15-19)25-20-12-6-3-7-13-20/h2,4-5,8-11,14-15,20,23-24H,3,6-7,12-13,16-17H2,1H3. The maximum Gasteiger partial charge on any atom is 0.0831 e. The third kappa shape index (κ3) is 6.09. The molecule has 134 valence electrons. The minimum absolute atomic E-state index is 0.541. The summed E-state index contributed by atoms with van der Waals surface area (Å²) < 4.78 is 0. The summed E-state index contributed by atoms with van der Waals surface area (Å²) in [4.78, 5) is 1.33. The SMILES string of the molecule is CC(O)(CNc1cccc(SC2CCCCC2)c1)Cc1ccccc1. The number of hydrogen-bond donors (Lipinski definition) is 2. The van der Waals surface area contributed by atoms with E-state index in [1.165, 1.54) is 37.0 Å². The molecule has 0 aliphatic heterocycles. The molecule has 0 spiro atoms. The lowest BCUT2D eigenvalue weighted by atomic mass is 9.96. The van der Waals surface area contributed by atoms with E-state index >= 15 is 0 Å². The molecule has 0 bridgehead atoms. The summed E-state index contributed by atoms with van der Waals surface area (Å²) in [5, 5.41) is 14.9. The lowest BCUT2D eigenvalue weighted by Crippen LogP contribution is -2.35. The van der Waals surface area contributed by atoms with Gasteiger partial charge < -0.3 is 10.4 Å². The summed E-state index contributed by atoms with van der Waals surface area (Å²) in [6.07, 6.45) is 7.48. The van der Waals surface area contributed by atoms with E-state index in [-0.39, 0.29) is 0 Å². The van der Waals surface area contributed by atoms with Crippen molar-refractivity contribution in [2.75, 3.05) is 11.9 Å². The maximum atomic E-state index is 10.7. The third-order valence-electron chi connectivity index (χ3n) is 4.79. The molecule has 2 aromatic rings. The molecule has 25 heavy (non-hydrogen) atoms. The number of rotatable bonds is 7. The predicted molar refractivity (Wildman–Crippen MR) is 108 cm³/mol. The van der Waals surface area contributed by atoms with E-state index in [1.807, 2.05) is 36.9 Å². The van der Waals surface area contributed by atoms with Gasteiger partial charge >= 0.3 is 0 Å². The Morgan fingerprint density at radius 3 is 2.56 bits per heavy atom. The van der Waals surface area contributed by atoms with Crippen molar-refractivity contribution in [1.82, 2.24) is 0 Å². The van der Waals surface area contributed by atoms with Gasteiger partial charge in [-0.25, -0.2) is 0 Å². The van der Waals surface area contributed by atoms with Gasteiger partial charge in [0, 0.05) is 28.8 Å². The molecule has 2 nitrogen and oxygen atoms in total. The first-order valence-electron chi connectivity index (χ1n) is 9.38. The summed E-state index contributed by atoms with van der Waals surface area (Å²) in [5.41, 5.74) is 1.48. The molecule has 1 fully saturated rings. The molecule has 0 radical (unpaired) electrons. The van der Waals surface area contributed by atoms with Crippen molar-refractivity contribution in [3.63, 3.8) is 0 Å². The molecule has 1 saturated carbocycles. The molecular formula is C22H29NOS. The van der Waals surface area contributed by atoms with E-state index in [0.29, 0.717) is 13.0 Å². The van der Waals surface area contributed by atoms with Crippen LogP contribution in [-0.4, -0.2) is 22.5 Å². The van der Waals surface area contributed by atoms with Gasteiger partial charge in [0.15, 0.2) is 0 Å². The Labute approximate surface area is 156 Å². The molecule has 3 rings (SSSR count). The van der Waals surface area contributed by atoms with E-state index < -0.39 is 5.60 Å². The summed E-state index contributed by atoms with van der Waals surface area (Å²) in [6.45, 7) is 2.44. The molecule has 0 heterocycles. The van der Waals surface area contributed by atoms with Gasteiger partial charge in [0.25, 0.3) is 0 Å². The molecule has 1 aliphatic carbocycles. The highest BCUT2D eigenvalue weighted by Gasteiger charge is 2.21. The van der Waals surface area contributed by atoms with Gasteiger partial charge in [0.1, 0.15) is 0 Å². The van der Waals surface area contributed by atoms with Gasteiger partial charge in [-0.05, 0) is 43.5 Å². The second-order valence-electron chi connectivity index (χ2n) is 7.42. The largest absolute Gasteiger partial charge is 0.388 e. The number of thioether (sulfide) groups is 1. The Balaban J connectivity index is 1.54. The lowest BCUT2D eigenvalue weighted by Gasteiger charge is -2.25. The Kier molecular flexibility index (Phi) is 6.44. The van der Waals surface area contributed by atoms with Crippen molar-refractivity contribution in [3.05, 3.63) is 60.2 Å². The van der Waals surface area contributed by atoms with Crippen molar-refractivity contribution < 1.29 is 5.11 Å². The molecule has 0 saturated heterocycles. The van der Waals surface area contributed by atoms with E-state index in [1.54, 1.807) is 0 Å². The predicted octanol–water partition coefficient (Wildman–Crippen LogP) is 5.52. The Bertz CT molecular complexity index is 650. The molecular weight excluding hydrogens is 326 g/mol. The fraction of sp³-hybridized carbons (Fsp3) is 0.455. The minimum atomic E-state index is -0.770. The number of hydrogen-bond acceptors (Lipinski definition) is 3. The van der Waals surface area contributed by atoms with Crippen LogP contribution in [-0.2, 0) is 6.42 Å². The van der Waals surface area contributed by atoms with Gasteiger partial charge in [-0.1, -0.05) is 55.7 Å². The molecule has 0 aromatic heterocycles. The van der Waals surface area contributed by atoms with Crippen LogP contribution in [0.1, 0.15) is 44.6 Å². The zero-order valence-electron chi connectivity index (χ0n) is 15.1. The van der Waals surface area contributed by atoms with Crippen LogP contribution >= 0.6 is 11.8 Å². The summed E-state index contributed by atoms with van der Waals surface area (Å²) in [7, 11) is 0. The highest BCUT2D eigenvalue weighted by Crippen LogP contribution is 2.34. The first-order chi connectivity index (χ1) is 12.1. The number of benzene rings is 2. The van der Waals surface area contributed by atoms with Crippen LogP contribution in [0.5, 0.6) is 0 Å². The summed E-state index contributed by atoms with van der Waals surface area (Å²) in [6, 6.07) is 18.8. The molecule has 2 aromatic carbocycles. The van der Waals surface area contributed by atoms with E-state index in [0.717, 1.165) is 16.5 Å². The van der Waals surface area contributed by atoms with Crippen LogP contribution in [0.15, 0.2) is 59.5 Å². The van der Waals surface area contributed by atoms with Crippen molar-refractivity contribution in [2.45, 2.75) is 61.2 Å². The fourth-order valence-electron chi connectivity index (χ4n) is 3.45. The van der Waals surface area contributed by atoms with Crippen LogP contribution in [0.25, 0.3) is 0 Å². The first-order valence-corrected chi connectivity index (χ1v) is 10.3. The second kappa shape index (κ2) is 8.77. The minimum Gasteiger partial charge on any atom is -0.388 e. The highest BCUT2D eigenvalue weighted by atomic mass is 32.2. The van der Waals surface area contributed by atoms with Gasteiger partial charge in [-0.2, -0.15) is 0 Å². The monoisotopic (exact) mass is 355 g/mol. The average molecular weight is 356 g/mol. The Morgan fingerprint density at radius 1 is 1.04 bits per heavy atom. The smallest absolute Gasteiger partial charge is 0.0831 e. The fourth-order valence-corrected chi connectivity index (χ4v) is 4.75. The lowest BCUT2D eigenvalue weighted by molar-refractivity contribution is 0.0742. The van der Waals surface area contributed by atoms with Crippen LogP contribution in [0, 0.1) is 0 Å². The quantitative estimate of drug-likeness (QED) is 0.686. The summed E-state index contributed by atoms with van der Waals surface area (Å²) in [5.74, 6) is 0. The molecule has 1 aliphatic rings. The molecule has 2 N–H and O–H groups in total. The van der Waals surface area contributed by atoms with Crippen molar-refractivity contribution in [2.24, 2.45) is 0 Å². The number of anilines is 1. The Hall–Kier alpha value is -1.45. The number of aliphatic hydroxyl groups is 1. The van der Waals surface area contributed by atoms with E-state index in [9.17, 15) is 5.11 Å². The highest BCUT2D eigenvalue weighted by molar-refractivity contribution is 8.00. The van der Waals surface area contributed by atoms with Crippen LogP contribution < -0.4 is 5.32 Å². The average Bonchev–Trinajstić information content (AvgIpc) is 2.62. The third-order valence-corrected chi connectivity index (χ3v) is 6.12. The van der Waals surface area contributed by atoms with Crippen molar-refractivity contribution in [3.8, 4) is 0 Å². The van der Waals surface area contributed by atoms with Crippen molar-refractivity contribution in [1.29, 1.82) is 0 Å². The van der Waals surface area contributed by atoms with Gasteiger partial charge in [-0.3, -0.25) is 0 Å². The van der Waals surface area contributed by atoms with E-state index in [4.69, 9.17) is 0 Å². The molecule has 0 amide bonds. The van der Waals surface area contributed by atoms with Gasteiger partial charge in [-0.15, -0.1) is 11.8 Å². The zero-order chi connectivity index (χ0) is 17.5. The van der Waals surface area contributed by atoms with E-state index in [2.05, 4.69) is 41.7 Å². The molecule has 1 unspecified atom stereocenters. The normalized spacial score (nSPS) is 17.8. The Morgan fingerprint density at radius 2 is 1.80 bits per heavy atom. The van der Waals surface area contributed by atoms with Crippen LogP contribution in [0.3, 0.4) is 0 Å². The van der Waals surface area contributed by atoms with Gasteiger partial charge in [0.2, 0.25) is 0 Å². The van der Waals surface area contributed by atoms with Crippen LogP contribution in [0.2, 0.25) is 0 Å². The summed E-state index contributed by atoms with van der Waals surface area (Å²) >= 11 is 2.01. The first kappa shape index (κ1) is 18.3. The second-order valence-corrected chi connectivity index (χ2v) is 8.79. The zero-order valence-corrected chi connectivity index (χ0v) is 15.9. The van der Waals surface area contributed by atoms with Gasteiger partial charge in [0.05, 0.1) is 5.60 Å². The van der Waals surface area contributed by atoms with Crippen LogP contribution in [0.4, 0.5) is 5.69 Å². The topological polar surface area (TPSA) is 32.3 Å². The molecule has 1 atom stereocenters.